The van der Waals surface area contributed by atoms with Crippen molar-refractivity contribution in [3.05, 3.63) is 52.0 Å². The molecule has 228 valence electrons. The van der Waals surface area contributed by atoms with Gasteiger partial charge in [0.2, 0.25) is 10.0 Å². The molecule has 6 rings (SSSR count). The number of nitrogens with one attached hydrogen (secondary N) is 2. The van der Waals surface area contributed by atoms with Gasteiger partial charge < -0.3 is 20.1 Å². The van der Waals surface area contributed by atoms with Crippen LogP contribution < -0.4 is 19.7 Å². The van der Waals surface area contributed by atoms with E-state index >= 15 is 0 Å². The Bertz CT molecular complexity index is 1430. The number of anilines is 2. The van der Waals surface area contributed by atoms with Gasteiger partial charge in [0, 0.05) is 30.6 Å². The topological polar surface area (TPSA) is 108 Å². The zero-order valence-electron chi connectivity index (χ0n) is 24.2. The Balaban J connectivity index is 1.39. The number of aliphatic hydroxyl groups excluding tert-OH is 1. The molecule has 3 N–H and O–H groups in total. The molecule has 1 saturated carbocycles. The molecule has 8 nitrogen and oxygen atoms in total. The van der Waals surface area contributed by atoms with E-state index in [1.165, 1.54) is 30.4 Å². The van der Waals surface area contributed by atoms with Crippen molar-refractivity contribution in [2.45, 2.75) is 69.6 Å². The highest BCUT2D eigenvalue weighted by Gasteiger charge is 2.43. The minimum absolute atomic E-state index is 0.0184. The monoisotopic (exact) mass is 615 g/mol. The standard InChI is InChI=1S/C32H42ClN3O5S/c33-27-16-23-7-5-12-32(26(23)18-28(27)34-13-14-37)20-36-19-25-9-8-22(25)6-3-1-2-4-15-42(39,40)35-31(38)24-10-11-30(41-21-32)29(36)17-24/h10-11,16-18,22,25,34,37H,1-9,12-15,19-21H2,(H,35,38)/t22-,25+,32+/m1/s1. The molecule has 0 radical (unpaired) electrons. The number of hydrogen-bond donors (Lipinski definition) is 3. The summed E-state index contributed by atoms with van der Waals surface area (Å²) in [6.07, 6.45) is 10.1. The van der Waals surface area contributed by atoms with E-state index in [-0.39, 0.29) is 17.8 Å². The largest absolute Gasteiger partial charge is 0.490 e. The number of ether oxygens (including phenoxy) is 1. The zero-order chi connectivity index (χ0) is 29.3. The number of halogens is 1. The van der Waals surface area contributed by atoms with Crippen molar-refractivity contribution >= 4 is 38.9 Å². The third-order valence-electron chi connectivity index (χ3n) is 9.87. The van der Waals surface area contributed by atoms with Gasteiger partial charge in [-0.2, -0.15) is 0 Å². The van der Waals surface area contributed by atoms with E-state index in [9.17, 15) is 18.3 Å². The average molecular weight is 616 g/mol. The summed E-state index contributed by atoms with van der Waals surface area (Å²) < 4.78 is 34.2. The number of sulfonamides is 1. The van der Waals surface area contributed by atoms with Crippen molar-refractivity contribution < 1.29 is 23.1 Å². The van der Waals surface area contributed by atoms with Crippen LogP contribution in [0.5, 0.6) is 5.75 Å². The van der Waals surface area contributed by atoms with E-state index in [1.54, 1.807) is 6.07 Å². The second-order valence-corrected chi connectivity index (χ2v) is 14.9. The summed E-state index contributed by atoms with van der Waals surface area (Å²) in [5, 5.41) is 13.3. The molecule has 10 heteroatoms. The fourth-order valence-corrected chi connectivity index (χ4v) is 8.79. The molecule has 3 atom stereocenters. The molecule has 2 heterocycles. The van der Waals surface area contributed by atoms with E-state index in [2.05, 4.69) is 27.1 Å². The molecule has 1 fully saturated rings. The van der Waals surface area contributed by atoms with Crippen LogP contribution in [0.3, 0.4) is 0 Å². The first-order valence-electron chi connectivity index (χ1n) is 15.5. The Kier molecular flexibility index (Phi) is 8.63. The fraction of sp³-hybridized carbons (Fsp3) is 0.594. The molecular weight excluding hydrogens is 574 g/mol. The van der Waals surface area contributed by atoms with Crippen LogP contribution in [0.4, 0.5) is 11.4 Å². The van der Waals surface area contributed by atoms with E-state index in [4.69, 9.17) is 16.3 Å². The average Bonchev–Trinajstić information content (AvgIpc) is 3.10. The number of aryl methyl sites for hydroxylation is 1. The number of benzene rings is 2. The van der Waals surface area contributed by atoms with Crippen molar-refractivity contribution in [1.82, 2.24) is 4.72 Å². The number of aliphatic hydroxyl groups is 1. The number of hydrogen-bond acceptors (Lipinski definition) is 7. The Morgan fingerprint density at radius 3 is 2.71 bits per heavy atom. The number of nitrogens with zero attached hydrogens (tertiary/aromatic N) is 1. The predicted molar refractivity (Wildman–Crippen MR) is 166 cm³/mol. The molecule has 1 amide bonds. The Hall–Kier alpha value is -2.49. The summed E-state index contributed by atoms with van der Waals surface area (Å²) in [4.78, 5) is 15.6. The van der Waals surface area contributed by atoms with Crippen LogP contribution in [0, 0.1) is 11.8 Å². The van der Waals surface area contributed by atoms with Crippen molar-refractivity contribution in [2.24, 2.45) is 11.8 Å². The summed E-state index contributed by atoms with van der Waals surface area (Å²) >= 11 is 6.65. The first-order valence-corrected chi connectivity index (χ1v) is 17.5. The first kappa shape index (κ1) is 29.6. The first-order chi connectivity index (χ1) is 20.3. The molecular formula is C32H42ClN3O5S. The van der Waals surface area contributed by atoms with E-state index < -0.39 is 15.9 Å². The van der Waals surface area contributed by atoms with Gasteiger partial charge in [-0.3, -0.25) is 4.79 Å². The van der Waals surface area contributed by atoms with Crippen LogP contribution in [0.25, 0.3) is 0 Å². The zero-order valence-corrected chi connectivity index (χ0v) is 25.7. The summed E-state index contributed by atoms with van der Waals surface area (Å²) in [5.74, 6) is 1.34. The number of amides is 1. The predicted octanol–water partition coefficient (Wildman–Crippen LogP) is 5.27. The molecule has 0 aromatic heterocycles. The lowest BCUT2D eigenvalue weighted by atomic mass is 9.68. The molecule has 0 unspecified atom stereocenters. The lowest BCUT2D eigenvalue weighted by molar-refractivity contribution is 0.0981. The summed E-state index contributed by atoms with van der Waals surface area (Å²) in [5.41, 5.74) is 4.18. The SMILES string of the molecule is O=C1NS(=O)(=O)CCCCCC[C@@H]2CC[C@H]2CN2C[C@@]3(CCCc4cc(Cl)c(NCCO)cc43)COc3ccc1cc32. The maximum atomic E-state index is 13.2. The molecule has 2 aromatic rings. The van der Waals surface area contributed by atoms with Gasteiger partial charge in [0.05, 0.1) is 35.4 Å². The van der Waals surface area contributed by atoms with Gasteiger partial charge in [-0.15, -0.1) is 0 Å². The highest BCUT2D eigenvalue weighted by molar-refractivity contribution is 7.90. The second-order valence-electron chi connectivity index (χ2n) is 12.7. The fourth-order valence-electron chi connectivity index (χ4n) is 7.45. The maximum Gasteiger partial charge on any atom is 0.264 e. The third-order valence-corrected chi connectivity index (χ3v) is 11.5. The minimum Gasteiger partial charge on any atom is -0.490 e. The van der Waals surface area contributed by atoms with Crippen LogP contribution in [-0.4, -0.2) is 58.0 Å². The Labute approximate surface area is 254 Å². The Morgan fingerprint density at radius 2 is 1.90 bits per heavy atom. The van der Waals surface area contributed by atoms with Gasteiger partial charge in [0.1, 0.15) is 5.75 Å². The highest BCUT2D eigenvalue weighted by atomic mass is 35.5. The summed E-state index contributed by atoms with van der Waals surface area (Å²) in [6.45, 7) is 2.55. The lowest BCUT2D eigenvalue weighted by Gasteiger charge is -2.45. The molecule has 2 aromatic carbocycles. The van der Waals surface area contributed by atoms with Crippen LogP contribution >= 0.6 is 11.6 Å². The molecule has 2 bridgehead atoms. The van der Waals surface area contributed by atoms with Gasteiger partial charge in [0.15, 0.2) is 0 Å². The molecule has 2 aliphatic heterocycles. The lowest BCUT2D eigenvalue weighted by Crippen LogP contribution is -2.48. The molecule has 2 aliphatic carbocycles. The maximum absolute atomic E-state index is 13.2. The number of rotatable bonds is 3. The van der Waals surface area contributed by atoms with Crippen LogP contribution in [0.2, 0.25) is 5.02 Å². The van der Waals surface area contributed by atoms with Gasteiger partial charge in [0.25, 0.3) is 5.91 Å². The van der Waals surface area contributed by atoms with E-state index in [1.807, 2.05) is 12.1 Å². The summed E-state index contributed by atoms with van der Waals surface area (Å²) in [6, 6.07) is 9.52. The molecule has 1 spiro atoms. The van der Waals surface area contributed by atoms with E-state index in [0.29, 0.717) is 42.0 Å². The normalized spacial score (nSPS) is 27.5. The Morgan fingerprint density at radius 1 is 1.07 bits per heavy atom. The molecule has 42 heavy (non-hydrogen) atoms. The second kappa shape index (κ2) is 12.2. The number of fused-ring (bicyclic) bond motifs is 4. The molecule has 0 saturated heterocycles. The van der Waals surface area contributed by atoms with Gasteiger partial charge in [-0.25, -0.2) is 13.1 Å². The van der Waals surface area contributed by atoms with Gasteiger partial charge >= 0.3 is 0 Å². The smallest absolute Gasteiger partial charge is 0.264 e. The van der Waals surface area contributed by atoms with E-state index in [0.717, 1.165) is 68.7 Å². The molecule has 4 aliphatic rings. The van der Waals surface area contributed by atoms with Crippen LogP contribution in [-0.2, 0) is 21.9 Å². The van der Waals surface area contributed by atoms with Crippen molar-refractivity contribution in [3.63, 3.8) is 0 Å². The van der Waals surface area contributed by atoms with Gasteiger partial charge in [-0.1, -0.05) is 37.3 Å². The van der Waals surface area contributed by atoms with Crippen LogP contribution in [0.15, 0.2) is 30.3 Å². The number of carbonyl (C=O) groups excluding carboxylic acids is 1. The van der Waals surface area contributed by atoms with Crippen molar-refractivity contribution in [3.8, 4) is 5.75 Å². The van der Waals surface area contributed by atoms with Crippen LogP contribution in [0.1, 0.15) is 79.3 Å². The third kappa shape index (κ3) is 6.10. The van der Waals surface area contributed by atoms with Gasteiger partial charge in [-0.05, 0) is 91.8 Å². The van der Waals surface area contributed by atoms with Crippen molar-refractivity contribution in [2.75, 3.05) is 48.8 Å². The minimum atomic E-state index is -3.71. The quantitative estimate of drug-likeness (QED) is 0.432. The van der Waals surface area contributed by atoms with Crippen molar-refractivity contribution in [1.29, 1.82) is 0 Å². The highest BCUT2D eigenvalue weighted by Crippen LogP contribution is 2.47. The summed E-state index contributed by atoms with van der Waals surface area (Å²) in [7, 11) is -3.71. The number of carbonyl (C=O) groups is 1.